The summed E-state index contributed by atoms with van der Waals surface area (Å²) in [6.45, 7) is 15.2. The van der Waals surface area contributed by atoms with Gasteiger partial charge in [0, 0.05) is 39.3 Å². The summed E-state index contributed by atoms with van der Waals surface area (Å²) in [5.74, 6) is 0. The summed E-state index contributed by atoms with van der Waals surface area (Å²) < 4.78 is 0. The SMILES string of the molecule is CCN(C)CC(C)(C)CN1CCNCC1. The van der Waals surface area contributed by atoms with Crippen molar-refractivity contribution in [2.24, 2.45) is 5.41 Å². The highest BCUT2D eigenvalue weighted by Crippen LogP contribution is 2.18. The zero-order valence-electron chi connectivity index (χ0n) is 10.8. The second-order valence-electron chi connectivity index (χ2n) is 5.52. The Morgan fingerprint density at radius 3 is 2.40 bits per heavy atom. The molecule has 0 atom stereocenters. The van der Waals surface area contributed by atoms with Crippen LogP contribution in [-0.2, 0) is 0 Å². The smallest absolute Gasteiger partial charge is 0.0108 e. The van der Waals surface area contributed by atoms with E-state index in [0.717, 1.165) is 19.6 Å². The van der Waals surface area contributed by atoms with Crippen molar-refractivity contribution in [3.05, 3.63) is 0 Å². The van der Waals surface area contributed by atoms with Crippen LogP contribution in [0, 0.1) is 5.41 Å². The van der Waals surface area contributed by atoms with E-state index >= 15 is 0 Å². The van der Waals surface area contributed by atoms with Gasteiger partial charge in [-0.05, 0) is 19.0 Å². The van der Waals surface area contributed by atoms with Crippen molar-refractivity contribution in [2.45, 2.75) is 20.8 Å². The number of nitrogens with zero attached hydrogens (tertiary/aromatic N) is 2. The van der Waals surface area contributed by atoms with E-state index in [1.807, 2.05) is 0 Å². The molecule has 0 amide bonds. The Morgan fingerprint density at radius 1 is 1.27 bits per heavy atom. The molecule has 1 rings (SSSR count). The van der Waals surface area contributed by atoms with Gasteiger partial charge in [0.2, 0.25) is 0 Å². The van der Waals surface area contributed by atoms with E-state index in [1.165, 1.54) is 26.2 Å². The molecule has 1 fully saturated rings. The lowest BCUT2D eigenvalue weighted by Gasteiger charge is -2.37. The molecule has 0 aliphatic carbocycles. The van der Waals surface area contributed by atoms with Gasteiger partial charge in [-0.15, -0.1) is 0 Å². The van der Waals surface area contributed by atoms with Gasteiger partial charge in [-0.2, -0.15) is 0 Å². The molecule has 0 bridgehead atoms. The second kappa shape index (κ2) is 5.83. The van der Waals surface area contributed by atoms with Gasteiger partial charge >= 0.3 is 0 Å². The van der Waals surface area contributed by atoms with Gasteiger partial charge < -0.3 is 15.1 Å². The van der Waals surface area contributed by atoms with Crippen LogP contribution in [0.4, 0.5) is 0 Å². The largest absolute Gasteiger partial charge is 0.314 e. The van der Waals surface area contributed by atoms with Gasteiger partial charge in [0.25, 0.3) is 0 Å². The van der Waals surface area contributed by atoms with Crippen LogP contribution in [0.1, 0.15) is 20.8 Å². The number of hydrogen-bond acceptors (Lipinski definition) is 3. The molecular weight excluding hydrogens is 186 g/mol. The summed E-state index contributed by atoms with van der Waals surface area (Å²) in [5, 5.41) is 3.40. The van der Waals surface area contributed by atoms with Gasteiger partial charge in [0.15, 0.2) is 0 Å². The Morgan fingerprint density at radius 2 is 1.87 bits per heavy atom. The van der Waals surface area contributed by atoms with Gasteiger partial charge in [0.1, 0.15) is 0 Å². The Hall–Kier alpha value is -0.120. The Balaban J connectivity index is 2.33. The van der Waals surface area contributed by atoms with E-state index in [9.17, 15) is 0 Å². The minimum absolute atomic E-state index is 0.405. The molecule has 0 aromatic rings. The van der Waals surface area contributed by atoms with E-state index in [1.54, 1.807) is 0 Å². The third-order valence-corrected chi connectivity index (χ3v) is 3.10. The summed E-state index contributed by atoms with van der Waals surface area (Å²) in [5.41, 5.74) is 0.405. The van der Waals surface area contributed by atoms with Crippen molar-refractivity contribution in [1.82, 2.24) is 15.1 Å². The minimum Gasteiger partial charge on any atom is -0.314 e. The fourth-order valence-corrected chi connectivity index (χ4v) is 2.37. The average Bonchev–Trinajstić information content (AvgIpc) is 2.17. The van der Waals surface area contributed by atoms with E-state index in [-0.39, 0.29) is 0 Å². The third kappa shape index (κ3) is 4.96. The van der Waals surface area contributed by atoms with E-state index in [2.05, 4.69) is 42.9 Å². The van der Waals surface area contributed by atoms with Gasteiger partial charge in [-0.25, -0.2) is 0 Å². The molecule has 0 spiro atoms. The van der Waals surface area contributed by atoms with E-state index in [4.69, 9.17) is 0 Å². The average molecular weight is 213 g/mol. The second-order valence-corrected chi connectivity index (χ2v) is 5.52. The normalized spacial score (nSPS) is 19.8. The van der Waals surface area contributed by atoms with Gasteiger partial charge in [-0.1, -0.05) is 20.8 Å². The number of piperazine rings is 1. The van der Waals surface area contributed by atoms with Gasteiger partial charge in [0.05, 0.1) is 0 Å². The number of nitrogens with one attached hydrogen (secondary N) is 1. The fraction of sp³-hybridized carbons (Fsp3) is 1.00. The quantitative estimate of drug-likeness (QED) is 0.731. The Labute approximate surface area is 94.8 Å². The first-order valence-electron chi connectivity index (χ1n) is 6.15. The highest BCUT2D eigenvalue weighted by Gasteiger charge is 2.23. The molecule has 3 nitrogen and oxygen atoms in total. The molecule has 0 radical (unpaired) electrons. The molecule has 1 aliphatic rings. The van der Waals surface area contributed by atoms with Crippen molar-refractivity contribution in [2.75, 3.05) is 52.9 Å². The molecule has 1 heterocycles. The zero-order chi connectivity index (χ0) is 11.3. The zero-order valence-corrected chi connectivity index (χ0v) is 10.8. The highest BCUT2D eigenvalue weighted by molar-refractivity contribution is 4.79. The minimum atomic E-state index is 0.405. The fourth-order valence-electron chi connectivity index (χ4n) is 2.37. The number of hydrogen-bond donors (Lipinski definition) is 1. The Bertz CT molecular complexity index is 174. The van der Waals surface area contributed by atoms with E-state index in [0.29, 0.717) is 5.41 Å². The summed E-state index contributed by atoms with van der Waals surface area (Å²) in [4.78, 5) is 4.99. The summed E-state index contributed by atoms with van der Waals surface area (Å²) in [6, 6.07) is 0. The number of rotatable bonds is 5. The topological polar surface area (TPSA) is 18.5 Å². The maximum absolute atomic E-state index is 3.40. The van der Waals surface area contributed by atoms with E-state index < -0.39 is 0 Å². The molecule has 1 N–H and O–H groups in total. The molecular formula is C12H27N3. The standard InChI is InChI=1S/C12H27N3/c1-5-14(4)10-12(2,3)11-15-8-6-13-7-9-15/h13H,5-11H2,1-4H3. The summed E-state index contributed by atoms with van der Waals surface area (Å²) in [7, 11) is 2.21. The lowest BCUT2D eigenvalue weighted by atomic mass is 9.92. The molecule has 0 aromatic heterocycles. The predicted octanol–water partition coefficient (Wildman–Crippen LogP) is 0.870. The van der Waals surface area contributed by atoms with Gasteiger partial charge in [-0.3, -0.25) is 0 Å². The lowest BCUT2D eigenvalue weighted by molar-refractivity contribution is 0.126. The molecule has 1 saturated heterocycles. The monoisotopic (exact) mass is 213 g/mol. The predicted molar refractivity (Wildman–Crippen MR) is 66.3 cm³/mol. The first-order chi connectivity index (χ1) is 7.03. The first-order valence-corrected chi connectivity index (χ1v) is 6.15. The third-order valence-electron chi connectivity index (χ3n) is 3.10. The molecule has 3 heteroatoms. The maximum atomic E-state index is 3.40. The lowest BCUT2D eigenvalue weighted by Crippen LogP contribution is -2.49. The molecule has 0 unspecified atom stereocenters. The summed E-state index contributed by atoms with van der Waals surface area (Å²) >= 11 is 0. The van der Waals surface area contributed by atoms with Crippen LogP contribution in [0.2, 0.25) is 0 Å². The highest BCUT2D eigenvalue weighted by atomic mass is 15.2. The first kappa shape index (κ1) is 12.9. The van der Waals surface area contributed by atoms with Crippen LogP contribution in [0.25, 0.3) is 0 Å². The van der Waals surface area contributed by atoms with Crippen molar-refractivity contribution >= 4 is 0 Å². The van der Waals surface area contributed by atoms with Crippen LogP contribution in [0.3, 0.4) is 0 Å². The Kier molecular flexibility index (Phi) is 5.03. The maximum Gasteiger partial charge on any atom is 0.0108 e. The molecule has 1 aliphatic heterocycles. The van der Waals surface area contributed by atoms with Crippen LogP contribution in [-0.4, -0.2) is 62.7 Å². The van der Waals surface area contributed by atoms with Crippen LogP contribution >= 0.6 is 0 Å². The van der Waals surface area contributed by atoms with Crippen LogP contribution in [0.5, 0.6) is 0 Å². The summed E-state index contributed by atoms with van der Waals surface area (Å²) in [6.07, 6.45) is 0. The molecule has 0 saturated carbocycles. The van der Waals surface area contributed by atoms with Crippen LogP contribution < -0.4 is 5.32 Å². The van der Waals surface area contributed by atoms with Crippen molar-refractivity contribution in [1.29, 1.82) is 0 Å². The molecule has 0 aromatic carbocycles. The molecule has 90 valence electrons. The van der Waals surface area contributed by atoms with Crippen LogP contribution in [0.15, 0.2) is 0 Å². The van der Waals surface area contributed by atoms with Crippen molar-refractivity contribution in [3.8, 4) is 0 Å². The molecule has 15 heavy (non-hydrogen) atoms. The van der Waals surface area contributed by atoms with Crippen molar-refractivity contribution in [3.63, 3.8) is 0 Å². The van der Waals surface area contributed by atoms with Crippen molar-refractivity contribution < 1.29 is 0 Å².